The number of halogens is 2. The van der Waals surface area contributed by atoms with Crippen LogP contribution in [0.1, 0.15) is 30.5 Å². The van der Waals surface area contributed by atoms with Crippen molar-refractivity contribution in [3.8, 4) is 0 Å². The molecule has 0 saturated heterocycles. The highest BCUT2D eigenvalue weighted by molar-refractivity contribution is 6.30. The summed E-state index contributed by atoms with van der Waals surface area (Å²) in [5.41, 5.74) is 2.46. The molecular formula is C21H20ClFN6O. The van der Waals surface area contributed by atoms with Gasteiger partial charge in [-0.2, -0.15) is 4.68 Å². The molecule has 1 aliphatic rings. The number of aromatic nitrogens is 4. The van der Waals surface area contributed by atoms with Gasteiger partial charge in [0, 0.05) is 11.6 Å². The maximum Gasteiger partial charge on any atom is 0.251 e. The summed E-state index contributed by atoms with van der Waals surface area (Å²) in [6.45, 7) is 2.65. The molecular weight excluding hydrogens is 407 g/mol. The van der Waals surface area contributed by atoms with Gasteiger partial charge >= 0.3 is 0 Å². The number of hydrogen-bond donors (Lipinski definition) is 1. The molecule has 0 aliphatic carbocycles. The minimum atomic E-state index is -0.351. The summed E-state index contributed by atoms with van der Waals surface area (Å²) < 4.78 is 15.1. The second-order valence-electron chi connectivity index (χ2n) is 6.91. The van der Waals surface area contributed by atoms with Gasteiger partial charge in [-0.3, -0.25) is 9.69 Å². The van der Waals surface area contributed by atoms with Gasteiger partial charge in [-0.05, 0) is 58.3 Å². The molecule has 0 radical (unpaired) electrons. The Morgan fingerprint density at radius 3 is 2.60 bits per heavy atom. The number of anilines is 1. The first-order valence-corrected chi connectivity index (χ1v) is 10.00. The first-order valence-electron chi connectivity index (χ1n) is 9.62. The van der Waals surface area contributed by atoms with Crippen LogP contribution in [0.5, 0.6) is 0 Å². The van der Waals surface area contributed by atoms with Crippen molar-refractivity contribution in [2.75, 3.05) is 18.0 Å². The molecule has 0 bridgehead atoms. The topological polar surface area (TPSA) is 75.9 Å². The number of rotatable bonds is 6. The molecule has 7 nitrogen and oxygen atoms in total. The summed E-state index contributed by atoms with van der Waals surface area (Å²) in [6.07, 6.45) is 2.81. The Labute approximate surface area is 178 Å². The van der Waals surface area contributed by atoms with Gasteiger partial charge in [0.1, 0.15) is 18.4 Å². The Morgan fingerprint density at radius 2 is 1.90 bits per heavy atom. The molecule has 1 aromatic heterocycles. The lowest BCUT2D eigenvalue weighted by atomic mass is 10.0. The highest BCUT2D eigenvalue weighted by Gasteiger charge is 2.31. The van der Waals surface area contributed by atoms with Crippen LogP contribution < -0.4 is 10.2 Å². The van der Waals surface area contributed by atoms with Crippen molar-refractivity contribution in [3.05, 3.63) is 76.6 Å². The monoisotopic (exact) mass is 426 g/mol. The standard InChI is InChI=1S/C21H20ClFN6O/c1-2-11-24-20(30)13-28-18(14-3-7-16(22)8-4-14)12-19(29-21(28)25-26-27-29)15-5-9-17(23)10-6-15/h3-10,12,19H,2,11,13H2,1H3,(H,24,30)/t19-/m0/s1. The summed E-state index contributed by atoms with van der Waals surface area (Å²) in [5.74, 6) is -0.0162. The van der Waals surface area contributed by atoms with E-state index in [1.165, 1.54) is 12.1 Å². The van der Waals surface area contributed by atoms with Crippen LogP contribution in [0.25, 0.3) is 5.70 Å². The summed E-state index contributed by atoms with van der Waals surface area (Å²) in [5, 5.41) is 15.6. The molecule has 0 spiro atoms. The number of amides is 1. The number of carbonyl (C=O) groups excluding carboxylic acids is 1. The normalized spacial score (nSPS) is 15.5. The number of nitrogens with one attached hydrogen (secondary N) is 1. The van der Waals surface area contributed by atoms with Gasteiger partial charge in [0.15, 0.2) is 0 Å². The molecule has 9 heteroatoms. The van der Waals surface area contributed by atoms with Crippen LogP contribution in [-0.2, 0) is 4.79 Å². The Balaban J connectivity index is 1.78. The van der Waals surface area contributed by atoms with E-state index in [-0.39, 0.29) is 24.3 Å². The van der Waals surface area contributed by atoms with Crippen LogP contribution in [-0.4, -0.2) is 39.2 Å². The summed E-state index contributed by atoms with van der Waals surface area (Å²) in [7, 11) is 0. The second-order valence-corrected chi connectivity index (χ2v) is 7.35. The average molecular weight is 427 g/mol. The van der Waals surface area contributed by atoms with Gasteiger partial charge in [-0.25, -0.2) is 4.39 Å². The smallest absolute Gasteiger partial charge is 0.251 e. The molecule has 2 aromatic carbocycles. The molecule has 1 amide bonds. The predicted octanol–water partition coefficient (Wildman–Crippen LogP) is 3.44. The number of fused-ring (bicyclic) bond motifs is 1. The van der Waals surface area contributed by atoms with Gasteiger partial charge in [0.2, 0.25) is 5.91 Å². The van der Waals surface area contributed by atoms with Crippen molar-refractivity contribution in [3.63, 3.8) is 0 Å². The minimum Gasteiger partial charge on any atom is -0.355 e. The van der Waals surface area contributed by atoms with E-state index in [1.807, 2.05) is 25.1 Å². The summed E-state index contributed by atoms with van der Waals surface area (Å²) in [6, 6.07) is 13.2. The Bertz CT molecular complexity index is 1060. The number of tetrazole rings is 1. The van der Waals surface area contributed by atoms with Gasteiger partial charge in [0.25, 0.3) is 5.95 Å². The zero-order chi connectivity index (χ0) is 21.1. The van der Waals surface area contributed by atoms with E-state index in [0.29, 0.717) is 17.5 Å². The van der Waals surface area contributed by atoms with E-state index in [1.54, 1.807) is 33.8 Å². The fourth-order valence-electron chi connectivity index (χ4n) is 3.35. The van der Waals surface area contributed by atoms with Crippen molar-refractivity contribution < 1.29 is 9.18 Å². The number of nitrogens with zero attached hydrogens (tertiary/aromatic N) is 5. The van der Waals surface area contributed by atoms with Gasteiger partial charge in [-0.15, -0.1) is 0 Å². The largest absolute Gasteiger partial charge is 0.355 e. The van der Waals surface area contributed by atoms with E-state index in [9.17, 15) is 9.18 Å². The van der Waals surface area contributed by atoms with Crippen LogP contribution in [0.4, 0.5) is 10.3 Å². The van der Waals surface area contributed by atoms with Gasteiger partial charge < -0.3 is 5.32 Å². The van der Waals surface area contributed by atoms with E-state index in [0.717, 1.165) is 23.2 Å². The van der Waals surface area contributed by atoms with Crippen molar-refractivity contribution in [1.82, 2.24) is 25.5 Å². The number of hydrogen-bond acceptors (Lipinski definition) is 5. The average Bonchev–Trinajstić information content (AvgIpc) is 3.24. The van der Waals surface area contributed by atoms with Crippen LogP contribution in [0.15, 0.2) is 54.6 Å². The molecule has 30 heavy (non-hydrogen) atoms. The second kappa shape index (κ2) is 8.62. The third-order valence-electron chi connectivity index (χ3n) is 4.81. The number of carbonyl (C=O) groups is 1. The lowest BCUT2D eigenvalue weighted by molar-refractivity contribution is -0.119. The van der Waals surface area contributed by atoms with E-state index in [2.05, 4.69) is 20.8 Å². The molecule has 0 fully saturated rings. The molecule has 154 valence electrons. The highest BCUT2D eigenvalue weighted by Crippen LogP contribution is 2.36. The minimum absolute atomic E-state index is 0.0605. The van der Waals surface area contributed by atoms with Crippen molar-refractivity contribution in [2.24, 2.45) is 0 Å². The summed E-state index contributed by atoms with van der Waals surface area (Å²) >= 11 is 6.06. The predicted molar refractivity (Wildman–Crippen MR) is 112 cm³/mol. The molecule has 1 atom stereocenters. The zero-order valence-electron chi connectivity index (χ0n) is 16.3. The van der Waals surface area contributed by atoms with E-state index >= 15 is 0 Å². The molecule has 0 unspecified atom stereocenters. The van der Waals surface area contributed by atoms with Crippen molar-refractivity contribution >= 4 is 29.2 Å². The molecule has 2 heterocycles. The van der Waals surface area contributed by atoms with Crippen LogP contribution in [0.3, 0.4) is 0 Å². The fourth-order valence-corrected chi connectivity index (χ4v) is 3.48. The third kappa shape index (κ3) is 4.04. The van der Waals surface area contributed by atoms with Crippen molar-refractivity contribution in [2.45, 2.75) is 19.4 Å². The van der Waals surface area contributed by atoms with Crippen LogP contribution in [0.2, 0.25) is 5.02 Å². The fraction of sp³-hybridized carbons (Fsp3) is 0.238. The van der Waals surface area contributed by atoms with Crippen LogP contribution in [0, 0.1) is 5.82 Å². The lowest BCUT2D eigenvalue weighted by Gasteiger charge is -2.32. The molecule has 4 rings (SSSR count). The first-order chi connectivity index (χ1) is 14.6. The van der Waals surface area contributed by atoms with Gasteiger partial charge in [-0.1, -0.05) is 47.9 Å². The molecule has 0 saturated carbocycles. The Kier molecular flexibility index (Phi) is 5.76. The Morgan fingerprint density at radius 1 is 1.17 bits per heavy atom. The lowest BCUT2D eigenvalue weighted by Crippen LogP contribution is -2.40. The number of allylic oxidation sites excluding steroid dienone is 1. The van der Waals surface area contributed by atoms with Gasteiger partial charge in [0.05, 0.1) is 5.70 Å². The van der Waals surface area contributed by atoms with E-state index < -0.39 is 0 Å². The molecule has 1 N–H and O–H groups in total. The molecule has 1 aliphatic heterocycles. The van der Waals surface area contributed by atoms with Crippen LogP contribution >= 0.6 is 11.6 Å². The molecule has 3 aromatic rings. The quantitative estimate of drug-likeness (QED) is 0.653. The summed E-state index contributed by atoms with van der Waals surface area (Å²) in [4.78, 5) is 14.3. The first kappa shape index (κ1) is 20.0. The third-order valence-corrected chi connectivity index (χ3v) is 5.06. The Hall–Kier alpha value is -3.26. The maximum atomic E-state index is 13.4. The maximum absolute atomic E-state index is 13.4. The number of benzene rings is 2. The zero-order valence-corrected chi connectivity index (χ0v) is 17.1. The SMILES string of the molecule is CCCNC(=O)CN1C(c2ccc(Cl)cc2)=C[C@@H](c2ccc(F)cc2)n2nnnc21. The van der Waals surface area contributed by atoms with Crippen molar-refractivity contribution in [1.29, 1.82) is 0 Å². The highest BCUT2D eigenvalue weighted by atomic mass is 35.5. The van der Waals surface area contributed by atoms with E-state index in [4.69, 9.17) is 11.6 Å².